The molecule has 0 saturated carbocycles. The van der Waals surface area contributed by atoms with Crippen molar-refractivity contribution in [3.05, 3.63) is 36.4 Å². The first-order chi connectivity index (χ1) is 16.6. The normalized spacial score (nSPS) is 21.7. The summed E-state index contributed by atoms with van der Waals surface area (Å²) in [5, 5.41) is 9.05. The molecule has 9 heteroatoms. The second-order valence-electron chi connectivity index (χ2n) is 9.48. The molecule has 2 fully saturated rings. The number of nitrogens with one attached hydrogen (secondary N) is 2. The Morgan fingerprint density at radius 1 is 0.853 bits per heavy atom. The molecule has 6 rings (SSSR count). The highest BCUT2D eigenvalue weighted by atomic mass is 32.1. The first-order valence-electron chi connectivity index (χ1n) is 12.1. The summed E-state index contributed by atoms with van der Waals surface area (Å²) in [6, 6.07) is 14.1. The van der Waals surface area contributed by atoms with E-state index in [0.29, 0.717) is 12.1 Å². The fourth-order valence-electron chi connectivity index (χ4n) is 5.08. The van der Waals surface area contributed by atoms with E-state index >= 15 is 0 Å². The van der Waals surface area contributed by atoms with Crippen LogP contribution in [0.3, 0.4) is 0 Å². The van der Waals surface area contributed by atoms with E-state index in [1.807, 2.05) is 4.81 Å². The topological polar surface area (TPSA) is 56.3 Å². The van der Waals surface area contributed by atoms with Crippen LogP contribution < -0.4 is 10.6 Å². The molecule has 2 atom stereocenters. The number of aromatic nitrogens is 2. The minimum absolute atomic E-state index is 0.396. The number of benzene rings is 2. The quantitative estimate of drug-likeness (QED) is 0.356. The lowest BCUT2D eigenvalue weighted by Gasteiger charge is -2.19. The van der Waals surface area contributed by atoms with Gasteiger partial charge in [0.1, 0.15) is 0 Å². The van der Waals surface area contributed by atoms with Crippen LogP contribution in [0, 0.1) is 0 Å². The zero-order valence-electron chi connectivity index (χ0n) is 19.5. The number of thiazole rings is 2. The number of nitrogens with zero attached hydrogens (tertiary/aromatic N) is 4. The van der Waals surface area contributed by atoms with Crippen molar-refractivity contribution in [3.63, 3.8) is 0 Å². The summed E-state index contributed by atoms with van der Waals surface area (Å²) in [5.74, 6) is 0. The Kier molecular flexibility index (Phi) is 6.19. The Hall–Kier alpha value is -2.20. The van der Waals surface area contributed by atoms with Crippen LogP contribution in [0.1, 0.15) is 25.7 Å². The fraction of sp³-hybridized carbons (Fsp3) is 0.440. The van der Waals surface area contributed by atoms with E-state index < -0.39 is 0 Å². The monoisotopic (exact) mass is 488 g/mol. The Balaban J connectivity index is 1.17. The predicted octanol–water partition coefficient (Wildman–Crippen LogP) is 5.04. The first-order valence-corrected chi connectivity index (χ1v) is 13.8. The zero-order chi connectivity index (χ0) is 23.1. The van der Waals surface area contributed by atoms with Crippen LogP contribution in [-0.2, 0) is 0 Å². The molecular weight excluding hydrogens is 459 g/mol. The molecule has 2 aliphatic rings. The minimum Gasteiger partial charge on any atom is -0.360 e. The van der Waals surface area contributed by atoms with Crippen molar-refractivity contribution in [1.82, 2.24) is 19.7 Å². The number of hydrogen-bond donors (Lipinski definition) is 2. The summed E-state index contributed by atoms with van der Waals surface area (Å²) in [6.45, 7) is 3.99. The lowest BCUT2D eigenvalue weighted by molar-refractivity contribution is 0.322. The Morgan fingerprint density at radius 2 is 1.41 bits per heavy atom. The van der Waals surface area contributed by atoms with Crippen LogP contribution >= 0.6 is 22.7 Å². The van der Waals surface area contributed by atoms with E-state index in [2.05, 4.69) is 59.0 Å². The standard InChI is InChI=1S/C25H29BN6S2/c1-31-10-2-4-18(31)14-27-24-29-20-8-6-16(12-22(20)33-24)17-7-9-21-23(13-17)34-25(30-21)28-15-19-5-3-11-32(19)26/h6-9,12-13,18-19H,2-5,10-11,14-15H2,1H3,(H,27,29)(H,28,30)/t18-,19-/m0/s1. The van der Waals surface area contributed by atoms with Gasteiger partial charge in [-0.3, -0.25) is 0 Å². The summed E-state index contributed by atoms with van der Waals surface area (Å²) < 4.78 is 2.41. The van der Waals surface area contributed by atoms with Crippen LogP contribution in [0.4, 0.5) is 10.3 Å². The Morgan fingerprint density at radius 3 is 1.94 bits per heavy atom. The molecule has 2 aromatic heterocycles. The summed E-state index contributed by atoms with van der Waals surface area (Å²) >= 11 is 3.45. The van der Waals surface area contributed by atoms with Gasteiger partial charge in [-0.2, -0.15) is 0 Å². The average Bonchev–Trinajstić information content (AvgIpc) is 3.62. The van der Waals surface area contributed by atoms with E-state index in [-0.39, 0.29) is 0 Å². The van der Waals surface area contributed by atoms with E-state index in [1.165, 1.54) is 46.3 Å². The summed E-state index contributed by atoms with van der Waals surface area (Å²) in [7, 11) is 8.28. The second-order valence-corrected chi connectivity index (χ2v) is 11.5. The van der Waals surface area contributed by atoms with Gasteiger partial charge in [-0.15, -0.1) is 0 Å². The van der Waals surface area contributed by atoms with Crippen LogP contribution in [0.5, 0.6) is 0 Å². The van der Waals surface area contributed by atoms with Crippen molar-refractivity contribution in [3.8, 4) is 11.1 Å². The number of rotatable bonds is 7. The van der Waals surface area contributed by atoms with Crippen LogP contribution in [0.25, 0.3) is 31.6 Å². The second kappa shape index (κ2) is 9.45. The largest absolute Gasteiger partial charge is 0.360 e. The smallest absolute Gasteiger partial charge is 0.183 e. The number of anilines is 2. The maximum absolute atomic E-state index is 6.06. The van der Waals surface area contributed by atoms with Crippen LogP contribution in [0.15, 0.2) is 36.4 Å². The summed E-state index contributed by atoms with van der Waals surface area (Å²) in [4.78, 5) is 14.0. The van der Waals surface area contributed by atoms with Gasteiger partial charge >= 0.3 is 0 Å². The van der Waals surface area contributed by atoms with Gasteiger partial charge < -0.3 is 20.3 Å². The van der Waals surface area contributed by atoms with Gasteiger partial charge in [0.2, 0.25) is 0 Å². The molecule has 0 spiro atoms. The number of likely N-dealkylation sites (tertiary alicyclic amines) is 1. The molecule has 174 valence electrons. The molecule has 4 aromatic rings. The van der Waals surface area contributed by atoms with E-state index in [0.717, 1.165) is 47.4 Å². The van der Waals surface area contributed by atoms with Gasteiger partial charge in [0, 0.05) is 25.2 Å². The molecule has 2 aromatic carbocycles. The van der Waals surface area contributed by atoms with E-state index in [4.69, 9.17) is 17.9 Å². The molecule has 4 heterocycles. The molecule has 0 aliphatic carbocycles. The molecule has 2 aliphatic heterocycles. The van der Waals surface area contributed by atoms with Crippen molar-refractivity contribution in [2.45, 2.75) is 37.8 Å². The third kappa shape index (κ3) is 4.54. The molecular formula is C25H29BN6S2. The maximum Gasteiger partial charge on any atom is 0.183 e. The molecule has 2 saturated heterocycles. The van der Waals surface area contributed by atoms with Crippen LogP contribution in [0.2, 0.25) is 0 Å². The average molecular weight is 488 g/mol. The van der Waals surface area contributed by atoms with E-state index in [9.17, 15) is 0 Å². The van der Waals surface area contributed by atoms with Crippen molar-refractivity contribution in [2.24, 2.45) is 0 Å². The first kappa shape index (κ1) is 22.3. The highest BCUT2D eigenvalue weighted by Crippen LogP contribution is 2.34. The van der Waals surface area contributed by atoms with Crippen molar-refractivity contribution in [2.75, 3.05) is 43.9 Å². The van der Waals surface area contributed by atoms with Crippen molar-refractivity contribution in [1.29, 1.82) is 0 Å². The molecule has 0 unspecified atom stereocenters. The maximum atomic E-state index is 6.06. The van der Waals surface area contributed by atoms with Gasteiger partial charge in [0.15, 0.2) is 18.2 Å². The molecule has 2 radical (unpaired) electrons. The van der Waals surface area contributed by atoms with Gasteiger partial charge in [-0.1, -0.05) is 34.8 Å². The third-order valence-electron chi connectivity index (χ3n) is 7.18. The lowest BCUT2D eigenvalue weighted by atomic mass is 10.1. The molecule has 34 heavy (non-hydrogen) atoms. The highest BCUT2D eigenvalue weighted by Gasteiger charge is 2.21. The summed E-state index contributed by atoms with van der Waals surface area (Å²) in [6.07, 6.45) is 4.88. The Bertz CT molecular complexity index is 1200. The fourth-order valence-corrected chi connectivity index (χ4v) is 6.91. The SMILES string of the molecule is [B]N1CCC[C@H]1CNc1nc2ccc(-c3ccc4nc(NC[C@@H]5CCCN5C)sc4c3)cc2s1. The van der Waals surface area contributed by atoms with Gasteiger partial charge in [0.25, 0.3) is 0 Å². The van der Waals surface area contributed by atoms with Gasteiger partial charge in [-0.05, 0) is 81.2 Å². The number of hydrogen-bond acceptors (Lipinski definition) is 8. The molecule has 2 N–H and O–H groups in total. The Labute approximate surface area is 209 Å². The molecule has 0 bridgehead atoms. The van der Waals surface area contributed by atoms with Crippen molar-refractivity contribution >= 4 is 61.4 Å². The summed E-state index contributed by atoms with van der Waals surface area (Å²) in [5.41, 5.74) is 4.52. The number of fused-ring (bicyclic) bond motifs is 2. The zero-order valence-corrected chi connectivity index (χ0v) is 21.1. The highest BCUT2D eigenvalue weighted by molar-refractivity contribution is 7.22. The number of likely N-dealkylation sites (N-methyl/N-ethyl adjacent to an activating group) is 1. The van der Waals surface area contributed by atoms with Crippen molar-refractivity contribution < 1.29 is 0 Å². The third-order valence-corrected chi connectivity index (χ3v) is 9.13. The lowest BCUT2D eigenvalue weighted by Crippen LogP contribution is -2.32. The van der Waals surface area contributed by atoms with Gasteiger partial charge in [-0.25, -0.2) is 9.97 Å². The minimum atomic E-state index is 0.396. The molecule has 0 amide bonds. The molecule has 6 nitrogen and oxygen atoms in total. The predicted molar refractivity (Wildman–Crippen MR) is 146 cm³/mol. The van der Waals surface area contributed by atoms with Gasteiger partial charge in [0.05, 0.1) is 20.4 Å². The van der Waals surface area contributed by atoms with Crippen LogP contribution in [-0.4, -0.2) is 73.0 Å². The van der Waals surface area contributed by atoms with E-state index in [1.54, 1.807) is 22.7 Å².